The van der Waals surface area contributed by atoms with Crippen molar-refractivity contribution in [1.29, 1.82) is 0 Å². The van der Waals surface area contributed by atoms with Gasteiger partial charge in [-0.1, -0.05) is 20.8 Å². The lowest BCUT2D eigenvalue weighted by Crippen LogP contribution is -2.49. The van der Waals surface area contributed by atoms with Gasteiger partial charge in [0.1, 0.15) is 6.04 Å². The number of rotatable bonds is 4. The molecule has 0 radical (unpaired) electrons. The Morgan fingerprint density at radius 2 is 1.86 bits per heavy atom. The van der Waals surface area contributed by atoms with Crippen molar-refractivity contribution in [1.82, 2.24) is 4.72 Å². The molecule has 0 aliphatic carbocycles. The summed E-state index contributed by atoms with van der Waals surface area (Å²) in [5.41, 5.74) is -0.645. The van der Waals surface area contributed by atoms with E-state index in [0.717, 1.165) is 0 Å². The first kappa shape index (κ1) is 13.4. The molecule has 0 aliphatic rings. The van der Waals surface area contributed by atoms with Gasteiger partial charge in [0, 0.05) is 0 Å². The summed E-state index contributed by atoms with van der Waals surface area (Å²) in [6.07, 6.45) is 0. The molecule has 2 N–H and O–H groups in total. The Bertz CT molecular complexity index is 302. The maximum atomic E-state index is 11.2. The van der Waals surface area contributed by atoms with Crippen molar-refractivity contribution in [2.24, 2.45) is 5.41 Å². The molecular formula is C8H17NO4S. The van der Waals surface area contributed by atoms with Crippen molar-refractivity contribution in [2.45, 2.75) is 33.7 Å². The molecule has 0 bridgehead atoms. The molecule has 0 saturated carbocycles. The summed E-state index contributed by atoms with van der Waals surface area (Å²) >= 11 is 0. The van der Waals surface area contributed by atoms with E-state index in [9.17, 15) is 13.2 Å². The van der Waals surface area contributed by atoms with Crippen LogP contribution in [0, 0.1) is 5.41 Å². The summed E-state index contributed by atoms with van der Waals surface area (Å²) in [6, 6.07) is -1.09. The largest absolute Gasteiger partial charge is 0.480 e. The number of nitrogens with one attached hydrogen (secondary N) is 1. The smallest absolute Gasteiger partial charge is 0.322 e. The maximum Gasteiger partial charge on any atom is 0.322 e. The Morgan fingerprint density at radius 1 is 1.43 bits per heavy atom. The number of carboxylic acid groups (broad SMARTS) is 1. The monoisotopic (exact) mass is 223 g/mol. The molecule has 0 heterocycles. The zero-order chi connectivity index (χ0) is 11.6. The second-order valence-corrected chi connectivity index (χ2v) is 6.20. The average molecular weight is 223 g/mol. The maximum absolute atomic E-state index is 11.2. The van der Waals surface area contributed by atoms with Crippen LogP contribution in [-0.4, -0.2) is 31.3 Å². The summed E-state index contributed by atoms with van der Waals surface area (Å²) in [4.78, 5) is 10.8. The third-order valence-electron chi connectivity index (χ3n) is 1.79. The molecule has 6 heteroatoms. The van der Waals surface area contributed by atoms with E-state index in [-0.39, 0.29) is 5.75 Å². The average Bonchev–Trinajstić information content (AvgIpc) is 1.98. The van der Waals surface area contributed by atoms with Crippen LogP contribution in [0.15, 0.2) is 0 Å². The lowest BCUT2D eigenvalue weighted by atomic mass is 9.88. The van der Waals surface area contributed by atoms with E-state index in [1.165, 1.54) is 6.92 Å². The number of aliphatic carboxylic acids is 1. The fraction of sp³-hybridized carbons (Fsp3) is 0.875. The Labute approximate surface area is 84.6 Å². The number of sulfonamides is 1. The quantitative estimate of drug-likeness (QED) is 0.723. The van der Waals surface area contributed by atoms with Gasteiger partial charge in [0.2, 0.25) is 10.0 Å². The summed E-state index contributed by atoms with van der Waals surface area (Å²) in [5.74, 6) is -1.28. The summed E-state index contributed by atoms with van der Waals surface area (Å²) in [7, 11) is -3.48. The minimum absolute atomic E-state index is 0.118. The fourth-order valence-corrected chi connectivity index (χ4v) is 1.84. The summed E-state index contributed by atoms with van der Waals surface area (Å²) in [6.45, 7) is 6.47. The first-order valence-corrected chi connectivity index (χ1v) is 5.98. The molecule has 5 nitrogen and oxygen atoms in total. The van der Waals surface area contributed by atoms with Crippen molar-refractivity contribution in [2.75, 3.05) is 5.75 Å². The van der Waals surface area contributed by atoms with Crippen LogP contribution in [0.25, 0.3) is 0 Å². The minimum atomic E-state index is -3.48. The van der Waals surface area contributed by atoms with Crippen LogP contribution in [-0.2, 0) is 14.8 Å². The van der Waals surface area contributed by atoms with Gasteiger partial charge in [-0.2, -0.15) is 0 Å². The molecule has 0 spiro atoms. The van der Waals surface area contributed by atoms with E-state index in [2.05, 4.69) is 4.72 Å². The molecule has 1 unspecified atom stereocenters. The lowest BCUT2D eigenvalue weighted by molar-refractivity contribution is -0.141. The molecule has 0 fully saturated rings. The molecule has 0 aromatic rings. The predicted molar refractivity (Wildman–Crippen MR) is 53.5 cm³/mol. The van der Waals surface area contributed by atoms with Crippen molar-refractivity contribution in [3.63, 3.8) is 0 Å². The zero-order valence-corrected chi connectivity index (χ0v) is 9.68. The molecule has 84 valence electrons. The van der Waals surface area contributed by atoms with Crippen molar-refractivity contribution >= 4 is 16.0 Å². The highest BCUT2D eigenvalue weighted by Crippen LogP contribution is 2.20. The van der Waals surface area contributed by atoms with Gasteiger partial charge in [-0.25, -0.2) is 13.1 Å². The Hall–Kier alpha value is -0.620. The first-order valence-electron chi connectivity index (χ1n) is 4.33. The van der Waals surface area contributed by atoms with Crippen molar-refractivity contribution in [3.05, 3.63) is 0 Å². The number of carboxylic acids is 1. The van der Waals surface area contributed by atoms with Gasteiger partial charge in [0.25, 0.3) is 0 Å². The molecule has 0 aliphatic heterocycles. The van der Waals surface area contributed by atoms with E-state index in [0.29, 0.717) is 0 Å². The molecule has 0 aromatic carbocycles. The zero-order valence-electron chi connectivity index (χ0n) is 8.86. The van der Waals surface area contributed by atoms with Gasteiger partial charge in [0.15, 0.2) is 0 Å². The van der Waals surface area contributed by atoms with Gasteiger partial charge in [-0.05, 0) is 12.3 Å². The van der Waals surface area contributed by atoms with E-state index in [1.54, 1.807) is 20.8 Å². The summed E-state index contributed by atoms with van der Waals surface area (Å²) in [5, 5.41) is 8.84. The van der Waals surface area contributed by atoms with Crippen LogP contribution in [0.4, 0.5) is 0 Å². The van der Waals surface area contributed by atoms with Gasteiger partial charge in [-0.15, -0.1) is 0 Å². The topological polar surface area (TPSA) is 83.5 Å². The van der Waals surface area contributed by atoms with Crippen LogP contribution >= 0.6 is 0 Å². The molecule has 1 atom stereocenters. The second kappa shape index (κ2) is 4.27. The van der Waals surface area contributed by atoms with E-state index < -0.39 is 27.4 Å². The second-order valence-electron chi connectivity index (χ2n) is 4.16. The van der Waals surface area contributed by atoms with Crippen molar-refractivity contribution in [3.8, 4) is 0 Å². The summed E-state index contributed by atoms with van der Waals surface area (Å²) < 4.78 is 24.5. The first-order chi connectivity index (χ1) is 6.10. The van der Waals surface area contributed by atoms with Gasteiger partial charge < -0.3 is 5.11 Å². The van der Waals surface area contributed by atoms with E-state index in [4.69, 9.17) is 5.11 Å². The highest BCUT2D eigenvalue weighted by molar-refractivity contribution is 7.89. The van der Waals surface area contributed by atoms with Gasteiger partial charge in [-0.3, -0.25) is 4.79 Å². The number of hydrogen-bond donors (Lipinski definition) is 2. The van der Waals surface area contributed by atoms with E-state index in [1.807, 2.05) is 0 Å². The van der Waals surface area contributed by atoms with Crippen LogP contribution in [0.1, 0.15) is 27.7 Å². The number of carbonyl (C=O) groups is 1. The number of hydrogen-bond acceptors (Lipinski definition) is 3. The molecule has 14 heavy (non-hydrogen) atoms. The SMILES string of the molecule is CCS(=O)(=O)NC(C(=O)O)C(C)(C)C. The predicted octanol–water partition coefficient (Wildman–Crippen LogP) is 0.425. The molecule has 0 rings (SSSR count). The fourth-order valence-electron chi connectivity index (χ4n) is 0.861. The Kier molecular flexibility index (Phi) is 4.08. The van der Waals surface area contributed by atoms with Crippen LogP contribution in [0.3, 0.4) is 0 Å². The van der Waals surface area contributed by atoms with Gasteiger partial charge in [0.05, 0.1) is 5.75 Å². The highest BCUT2D eigenvalue weighted by Gasteiger charge is 2.34. The molecule has 0 saturated heterocycles. The van der Waals surface area contributed by atoms with Gasteiger partial charge >= 0.3 is 5.97 Å². The third kappa shape index (κ3) is 4.06. The Balaban J connectivity index is 4.83. The lowest BCUT2D eigenvalue weighted by Gasteiger charge is -2.27. The minimum Gasteiger partial charge on any atom is -0.480 e. The van der Waals surface area contributed by atoms with Crippen LogP contribution < -0.4 is 4.72 Å². The Morgan fingerprint density at radius 3 is 2.07 bits per heavy atom. The normalized spacial score (nSPS) is 15.1. The molecule has 0 amide bonds. The highest BCUT2D eigenvalue weighted by atomic mass is 32.2. The third-order valence-corrected chi connectivity index (χ3v) is 3.15. The van der Waals surface area contributed by atoms with Crippen LogP contribution in [0.5, 0.6) is 0 Å². The van der Waals surface area contributed by atoms with Crippen LogP contribution in [0.2, 0.25) is 0 Å². The van der Waals surface area contributed by atoms with Crippen molar-refractivity contribution < 1.29 is 18.3 Å². The molecular weight excluding hydrogens is 206 g/mol. The van der Waals surface area contributed by atoms with E-state index >= 15 is 0 Å². The standard InChI is InChI=1S/C8H17NO4S/c1-5-14(12,13)9-6(7(10)11)8(2,3)4/h6,9H,5H2,1-4H3,(H,10,11). The molecule has 0 aromatic heterocycles.